The van der Waals surface area contributed by atoms with Crippen LogP contribution >= 0.6 is 0 Å². The molecule has 31 heavy (non-hydrogen) atoms. The van der Waals surface area contributed by atoms with Gasteiger partial charge in [0.25, 0.3) is 5.97 Å². The van der Waals surface area contributed by atoms with Crippen molar-refractivity contribution >= 4 is 33.5 Å². The van der Waals surface area contributed by atoms with Crippen molar-refractivity contribution in [1.82, 2.24) is 0 Å². The van der Waals surface area contributed by atoms with Gasteiger partial charge in [-0.15, -0.1) is 0 Å². The highest BCUT2D eigenvalue weighted by Gasteiger charge is 2.13. The minimum absolute atomic E-state index is 0.485. The van der Waals surface area contributed by atoms with E-state index in [1.165, 1.54) is 10.8 Å². The number of carbonyl (C=O) groups is 2. The second kappa shape index (κ2) is 11.4. The Labute approximate surface area is 181 Å². The van der Waals surface area contributed by atoms with E-state index in [4.69, 9.17) is 19.7 Å². The molecule has 4 aromatic rings. The molecule has 0 aromatic heterocycles. The molecular formula is C26H26O5. The monoisotopic (exact) mass is 418 g/mol. The number of aliphatic carboxylic acids is 2. The zero-order valence-corrected chi connectivity index (χ0v) is 17.8. The summed E-state index contributed by atoms with van der Waals surface area (Å²) in [5.41, 5.74) is 0.815. The summed E-state index contributed by atoms with van der Waals surface area (Å²) in [6.45, 7) is 2.77. The van der Waals surface area contributed by atoms with Gasteiger partial charge in [-0.05, 0) is 46.2 Å². The maximum Gasteiger partial charge on any atom is 0.310 e. The SMILES string of the molecule is CC(=O)O.COc1ccc2cc([C@H](C)C(=O)O)ccc2c1.c1ccc2ccccc2c1. The lowest BCUT2D eigenvalue weighted by Gasteiger charge is -2.08. The zero-order chi connectivity index (χ0) is 22.8. The van der Waals surface area contributed by atoms with Gasteiger partial charge in [-0.1, -0.05) is 72.8 Å². The minimum atomic E-state index is -0.833. The highest BCUT2D eigenvalue weighted by atomic mass is 16.5. The summed E-state index contributed by atoms with van der Waals surface area (Å²) in [6, 6.07) is 28.1. The Balaban J connectivity index is 0.000000205. The molecule has 0 bridgehead atoms. The van der Waals surface area contributed by atoms with Gasteiger partial charge in [0.05, 0.1) is 13.0 Å². The molecular weight excluding hydrogens is 392 g/mol. The molecule has 0 saturated carbocycles. The standard InChI is InChI=1S/C14H14O3.C10H8.C2H4O2/c1-9(14(15)16)10-3-4-12-8-13(17-2)6-5-11(12)7-10;1-2-6-10-8-4-3-7-9(10)5-1;1-2(3)4/h3-9H,1-2H3,(H,15,16);1-8H;1H3,(H,3,4)/t9-;;/m0../s1. The molecule has 0 fully saturated rings. The summed E-state index contributed by atoms with van der Waals surface area (Å²) in [5.74, 6) is -1.32. The van der Waals surface area contributed by atoms with Crippen molar-refractivity contribution in [2.75, 3.05) is 7.11 Å². The first kappa shape index (κ1) is 23.4. The average Bonchev–Trinajstić information content (AvgIpc) is 2.78. The van der Waals surface area contributed by atoms with Crippen molar-refractivity contribution in [3.8, 4) is 5.75 Å². The van der Waals surface area contributed by atoms with E-state index in [2.05, 4.69) is 48.5 Å². The Morgan fingerprint density at radius 3 is 1.65 bits per heavy atom. The molecule has 1 atom stereocenters. The molecule has 2 N–H and O–H groups in total. The van der Waals surface area contributed by atoms with Crippen molar-refractivity contribution in [1.29, 1.82) is 0 Å². The molecule has 0 radical (unpaired) electrons. The van der Waals surface area contributed by atoms with Crippen LogP contribution in [0.1, 0.15) is 25.3 Å². The van der Waals surface area contributed by atoms with E-state index in [0.29, 0.717) is 0 Å². The maximum absolute atomic E-state index is 10.9. The van der Waals surface area contributed by atoms with Crippen molar-refractivity contribution in [3.05, 3.63) is 90.5 Å². The third kappa shape index (κ3) is 7.16. The molecule has 0 aliphatic rings. The van der Waals surface area contributed by atoms with Gasteiger partial charge < -0.3 is 14.9 Å². The summed E-state index contributed by atoms with van der Waals surface area (Å²) < 4.78 is 5.14. The number of methoxy groups -OCH3 is 1. The van der Waals surface area contributed by atoms with Crippen LogP contribution in [-0.4, -0.2) is 29.3 Å². The largest absolute Gasteiger partial charge is 0.497 e. The molecule has 4 aromatic carbocycles. The number of benzene rings is 4. The summed E-state index contributed by atoms with van der Waals surface area (Å²) in [5, 5.41) is 21.1. The van der Waals surface area contributed by atoms with E-state index in [9.17, 15) is 4.79 Å². The molecule has 160 valence electrons. The maximum atomic E-state index is 10.9. The van der Waals surface area contributed by atoms with Crippen LogP contribution in [0.15, 0.2) is 84.9 Å². The summed E-state index contributed by atoms with van der Waals surface area (Å²) in [4.78, 5) is 19.9. The topological polar surface area (TPSA) is 83.8 Å². The third-order valence-electron chi connectivity index (χ3n) is 4.60. The molecule has 5 heteroatoms. The van der Waals surface area contributed by atoms with Crippen molar-refractivity contribution < 1.29 is 24.5 Å². The zero-order valence-electron chi connectivity index (χ0n) is 17.8. The number of fused-ring (bicyclic) bond motifs is 2. The molecule has 0 saturated heterocycles. The molecule has 0 amide bonds. The van der Waals surface area contributed by atoms with Crippen LogP contribution in [-0.2, 0) is 9.59 Å². The summed E-state index contributed by atoms with van der Waals surface area (Å²) in [7, 11) is 1.63. The Morgan fingerprint density at radius 1 is 0.742 bits per heavy atom. The highest BCUT2D eigenvalue weighted by molar-refractivity contribution is 5.86. The Bertz CT molecular complexity index is 1100. The van der Waals surface area contributed by atoms with Gasteiger partial charge in [-0.2, -0.15) is 0 Å². The molecule has 0 spiro atoms. The summed E-state index contributed by atoms with van der Waals surface area (Å²) in [6.07, 6.45) is 0. The van der Waals surface area contributed by atoms with E-state index in [1.807, 2.05) is 36.4 Å². The quantitative estimate of drug-likeness (QED) is 0.428. The second-order valence-corrected chi connectivity index (χ2v) is 6.90. The fourth-order valence-corrected chi connectivity index (χ4v) is 2.91. The molecule has 4 rings (SSSR count). The van der Waals surface area contributed by atoms with Crippen LogP contribution in [0.5, 0.6) is 5.75 Å². The van der Waals surface area contributed by atoms with E-state index >= 15 is 0 Å². The minimum Gasteiger partial charge on any atom is -0.497 e. The number of ether oxygens (including phenoxy) is 1. The van der Waals surface area contributed by atoms with Gasteiger partial charge in [0, 0.05) is 6.92 Å². The van der Waals surface area contributed by atoms with Crippen LogP contribution in [0, 0.1) is 0 Å². The Morgan fingerprint density at radius 2 is 1.19 bits per heavy atom. The first-order valence-electron chi connectivity index (χ1n) is 9.75. The molecule has 0 heterocycles. The van der Waals surface area contributed by atoms with Gasteiger partial charge >= 0.3 is 5.97 Å². The van der Waals surface area contributed by atoms with E-state index < -0.39 is 17.9 Å². The highest BCUT2D eigenvalue weighted by Crippen LogP contribution is 2.25. The van der Waals surface area contributed by atoms with E-state index in [-0.39, 0.29) is 0 Å². The lowest BCUT2D eigenvalue weighted by Crippen LogP contribution is -2.06. The lowest BCUT2D eigenvalue weighted by molar-refractivity contribution is -0.138. The first-order chi connectivity index (χ1) is 14.8. The second-order valence-electron chi connectivity index (χ2n) is 6.90. The number of carboxylic acid groups (broad SMARTS) is 2. The van der Waals surface area contributed by atoms with Crippen LogP contribution < -0.4 is 4.74 Å². The lowest BCUT2D eigenvalue weighted by atomic mass is 9.98. The van der Waals surface area contributed by atoms with Crippen LogP contribution in [0.25, 0.3) is 21.5 Å². The number of rotatable bonds is 3. The fourth-order valence-electron chi connectivity index (χ4n) is 2.91. The molecule has 0 aliphatic carbocycles. The first-order valence-corrected chi connectivity index (χ1v) is 9.75. The Kier molecular flexibility index (Phi) is 8.58. The van der Waals surface area contributed by atoms with Crippen LogP contribution in [0.2, 0.25) is 0 Å². The van der Waals surface area contributed by atoms with Gasteiger partial charge in [0.15, 0.2) is 0 Å². The smallest absolute Gasteiger partial charge is 0.310 e. The van der Waals surface area contributed by atoms with Gasteiger partial charge in [0.2, 0.25) is 0 Å². The van der Waals surface area contributed by atoms with E-state index in [1.54, 1.807) is 14.0 Å². The van der Waals surface area contributed by atoms with Gasteiger partial charge in [-0.25, -0.2) is 0 Å². The average molecular weight is 418 g/mol. The molecule has 5 nitrogen and oxygen atoms in total. The summed E-state index contributed by atoms with van der Waals surface area (Å²) >= 11 is 0. The number of hydrogen-bond donors (Lipinski definition) is 2. The van der Waals surface area contributed by atoms with Crippen molar-refractivity contribution in [2.45, 2.75) is 19.8 Å². The van der Waals surface area contributed by atoms with Gasteiger partial charge in [-0.3, -0.25) is 9.59 Å². The van der Waals surface area contributed by atoms with Crippen molar-refractivity contribution in [3.63, 3.8) is 0 Å². The molecule has 0 unspecified atom stereocenters. The fraction of sp³-hybridized carbons (Fsp3) is 0.154. The van der Waals surface area contributed by atoms with Crippen LogP contribution in [0.4, 0.5) is 0 Å². The van der Waals surface area contributed by atoms with Crippen molar-refractivity contribution in [2.24, 2.45) is 0 Å². The Hall–Kier alpha value is -3.86. The normalized spacial score (nSPS) is 10.8. The van der Waals surface area contributed by atoms with E-state index in [0.717, 1.165) is 29.0 Å². The third-order valence-corrected chi connectivity index (χ3v) is 4.60. The number of carboxylic acids is 2. The van der Waals surface area contributed by atoms with Gasteiger partial charge in [0.1, 0.15) is 5.75 Å². The predicted molar refractivity (Wildman–Crippen MR) is 124 cm³/mol. The predicted octanol–water partition coefficient (Wildman–Crippen LogP) is 5.97. The van der Waals surface area contributed by atoms with Crippen LogP contribution in [0.3, 0.4) is 0 Å². The molecule has 0 aliphatic heterocycles. The number of hydrogen-bond acceptors (Lipinski definition) is 3.